The van der Waals surface area contributed by atoms with Crippen molar-refractivity contribution in [2.24, 2.45) is 0 Å². The van der Waals surface area contributed by atoms with E-state index < -0.39 is 77.5 Å². The van der Waals surface area contributed by atoms with E-state index in [4.69, 9.17) is 18.5 Å². The summed E-state index contributed by atoms with van der Waals surface area (Å²) >= 11 is 0. The molecule has 0 amide bonds. The number of ether oxygens (including phenoxy) is 2. The first-order valence-electron chi connectivity index (χ1n) is 10.3. The zero-order chi connectivity index (χ0) is 28.5. The first-order valence-corrected chi connectivity index (χ1v) is 14.2. The molecule has 0 saturated carbocycles. The van der Waals surface area contributed by atoms with Gasteiger partial charge in [0, 0.05) is 30.2 Å². The Bertz CT molecular complexity index is 827. The molecule has 0 rings (SSSR count). The third kappa shape index (κ3) is 10.6. The van der Waals surface area contributed by atoms with Crippen LogP contribution in [0.3, 0.4) is 0 Å². The summed E-state index contributed by atoms with van der Waals surface area (Å²) in [7, 11) is -14.8. The predicted molar refractivity (Wildman–Crippen MR) is 110 cm³/mol. The Morgan fingerprint density at radius 3 is 1.08 bits per heavy atom. The van der Waals surface area contributed by atoms with Gasteiger partial charge in [-0.2, -0.15) is 43.2 Å². The van der Waals surface area contributed by atoms with E-state index in [0.717, 1.165) is 0 Å². The highest BCUT2D eigenvalue weighted by Crippen LogP contribution is 2.42. The molecular weight excluding hydrogens is 577 g/mol. The highest BCUT2D eigenvalue weighted by Gasteiger charge is 2.49. The summed E-state index contributed by atoms with van der Waals surface area (Å²) in [4.78, 5) is 0. The van der Waals surface area contributed by atoms with Gasteiger partial charge in [0.2, 0.25) is 11.6 Å². The lowest BCUT2D eigenvalue weighted by Crippen LogP contribution is -2.37. The van der Waals surface area contributed by atoms with Crippen molar-refractivity contribution in [3.05, 3.63) is 0 Å². The minimum Gasteiger partial charge on any atom is -0.343 e. The van der Waals surface area contributed by atoms with Crippen molar-refractivity contribution in [1.82, 2.24) is 0 Å². The van der Waals surface area contributed by atoms with Gasteiger partial charge < -0.3 is 9.47 Å². The number of rotatable bonds is 18. The molecule has 11 nitrogen and oxygen atoms in total. The van der Waals surface area contributed by atoms with Gasteiger partial charge in [0.25, 0.3) is 0 Å². The Morgan fingerprint density at radius 2 is 0.861 bits per heavy atom. The van der Waals surface area contributed by atoms with E-state index in [1.165, 1.54) is 27.7 Å². The van der Waals surface area contributed by atoms with Crippen LogP contribution in [-0.2, 0) is 51.7 Å². The molecular formula is C16H28F6O11PS2+. The Labute approximate surface area is 205 Å². The van der Waals surface area contributed by atoms with Gasteiger partial charge in [0.1, 0.15) is 0 Å². The van der Waals surface area contributed by atoms with E-state index in [9.17, 15) is 47.7 Å². The number of halogens is 6. The summed E-state index contributed by atoms with van der Waals surface area (Å²) in [5.74, 6) is -3.40. The first-order chi connectivity index (χ1) is 16.3. The van der Waals surface area contributed by atoms with Gasteiger partial charge in [0.05, 0.1) is 26.4 Å². The average molecular weight is 605 g/mol. The van der Waals surface area contributed by atoms with Crippen molar-refractivity contribution >= 4 is 28.5 Å². The van der Waals surface area contributed by atoms with E-state index in [1.54, 1.807) is 0 Å². The van der Waals surface area contributed by atoms with Crippen LogP contribution in [0.5, 0.6) is 0 Å². The molecule has 20 heteroatoms. The monoisotopic (exact) mass is 605 g/mol. The van der Waals surface area contributed by atoms with Crippen LogP contribution in [0.2, 0.25) is 0 Å². The molecule has 0 N–H and O–H groups in total. The second-order valence-corrected chi connectivity index (χ2v) is 10.8. The number of alkyl halides is 6. The van der Waals surface area contributed by atoms with Crippen molar-refractivity contribution in [3.8, 4) is 0 Å². The van der Waals surface area contributed by atoms with Crippen molar-refractivity contribution in [1.29, 1.82) is 0 Å². The summed E-state index contributed by atoms with van der Waals surface area (Å²) < 4.78 is 159. The molecule has 0 atom stereocenters. The summed E-state index contributed by atoms with van der Waals surface area (Å²) in [6, 6.07) is 0. The summed E-state index contributed by atoms with van der Waals surface area (Å²) in [6.45, 7) is 2.56. The van der Waals surface area contributed by atoms with Gasteiger partial charge in [-0.25, -0.2) is 0 Å². The summed E-state index contributed by atoms with van der Waals surface area (Å²) in [5.41, 5.74) is -11.3. The lowest BCUT2D eigenvalue weighted by molar-refractivity contribution is -0.219. The van der Waals surface area contributed by atoms with Gasteiger partial charge in [-0.05, 0) is 0 Å². The maximum Gasteiger partial charge on any atom is 0.703 e. The third-order valence-corrected chi connectivity index (χ3v) is 7.63. The van der Waals surface area contributed by atoms with Crippen LogP contribution in [0.1, 0.15) is 53.4 Å². The molecule has 0 aliphatic rings. The Kier molecular flexibility index (Phi) is 13.7. The fourth-order valence-electron chi connectivity index (χ4n) is 2.39. The minimum atomic E-state index is -5.84. The molecule has 0 aliphatic carbocycles. The highest BCUT2D eigenvalue weighted by molar-refractivity contribution is 7.87. The van der Waals surface area contributed by atoms with Crippen LogP contribution in [-0.4, -0.2) is 65.9 Å². The van der Waals surface area contributed by atoms with Crippen LogP contribution in [0.25, 0.3) is 0 Å². The largest absolute Gasteiger partial charge is 0.703 e. The molecule has 0 aromatic heterocycles. The zero-order valence-electron chi connectivity index (χ0n) is 19.7. The van der Waals surface area contributed by atoms with E-state index >= 15 is 0 Å². The molecule has 216 valence electrons. The SMILES string of the molecule is CCC(CC)(OCCOS(=O)(=O)C(F)(F)F)O[P+](=O)OC(CC)(CC)OCCOS(=O)(=O)C(F)(F)F. The normalized spacial score (nSPS) is 14.3. The molecule has 36 heavy (non-hydrogen) atoms. The molecule has 0 aromatic carbocycles. The van der Waals surface area contributed by atoms with Gasteiger partial charge in [-0.15, -0.1) is 0 Å². The second-order valence-electron chi connectivity index (χ2n) is 6.78. The van der Waals surface area contributed by atoms with Crippen LogP contribution in [0, 0.1) is 0 Å². The van der Waals surface area contributed by atoms with E-state index in [1.807, 2.05) is 0 Å². The average Bonchev–Trinajstić information content (AvgIpc) is 2.76. The smallest absolute Gasteiger partial charge is 0.343 e. The second kappa shape index (κ2) is 13.9. The predicted octanol–water partition coefficient (Wildman–Crippen LogP) is 4.48. The molecule has 0 unspecified atom stereocenters. The molecule has 0 fully saturated rings. The van der Waals surface area contributed by atoms with E-state index in [-0.39, 0.29) is 25.7 Å². The summed E-state index contributed by atoms with van der Waals surface area (Å²) in [5, 5.41) is 0. The van der Waals surface area contributed by atoms with Crippen LogP contribution in [0.4, 0.5) is 26.3 Å². The Morgan fingerprint density at radius 1 is 0.583 bits per heavy atom. The van der Waals surface area contributed by atoms with Crippen molar-refractivity contribution in [2.75, 3.05) is 26.4 Å². The molecule has 0 aromatic rings. The Balaban J connectivity index is 5.10. The summed E-state index contributed by atoms with van der Waals surface area (Å²) in [6.07, 6.45) is -0.0746. The van der Waals surface area contributed by atoms with Crippen LogP contribution in [0.15, 0.2) is 0 Å². The van der Waals surface area contributed by atoms with Gasteiger partial charge >= 0.3 is 39.5 Å². The van der Waals surface area contributed by atoms with Gasteiger partial charge in [-0.3, -0.25) is 8.37 Å². The molecule has 0 saturated heterocycles. The third-order valence-electron chi connectivity index (χ3n) is 4.58. The molecule has 0 radical (unpaired) electrons. The maximum atomic E-state index is 12.5. The number of hydrogen-bond acceptors (Lipinski definition) is 11. The van der Waals surface area contributed by atoms with Gasteiger partial charge in [0.15, 0.2) is 0 Å². The molecule has 0 heterocycles. The van der Waals surface area contributed by atoms with E-state index in [0.29, 0.717) is 0 Å². The van der Waals surface area contributed by atoms with Crippen molar-refractivity contribution in [3.63, 3.8) is 0 Å². The zero-order valence-corrected chi connectivity index (χ0v) is 22.2. The molecule has 0 spiro atoms. The topological polar surface area (TPSA) is 141 Å². The quantitative estimate of drug-likeness (QED) is 0.0546. The fourth-order valence-corrected chi connectivity index (χ4v) is 4.43. The van der Waals surface area contributed by atoms with Crippen molar-refractivity contribution < 1.29 is 74.6 Å². The van der Waals surface area contributed by atoms with Crippen LogP contribution >= 0.6 is 8.25 Å². The first kappa shape index (κ1) is 35.3. The highest BCUT2D eigenvalue weighted by atomic mass is 32.2. The molecule has 0 aliphatic heterocycles. The Hall–Kier alpha value is -0.660. The maximum absolute atomic E-state index is 12.5. The molecule has 0 bridgehead atoms. The van der Waals surface area contributed by atoms with E-state index in [2.05, 4.69) is 8.37 Å². The van der Waals surface area contributed by atoms with Gasteiger partial charge in [-0.1, -0.05) is 36.7 Å². The lowest BCUT2D eigenvalue weighted by Gasteiger charge is -2.28. The minimum absolute atomic E-state index is 0.0186. The lowest BCUT2D eigenvalue weighted by atomic mass is 10.1. The number of hydrogen-bond donors (Lipinski definition) is 0. The van der Waals surface area contributed by atoms with Crippen molar-refractivity contribution in [2.45, 2.75) is 76.0 Å². The fraction of sp³-hybridized carbons (Fsp3) is 1.00. The standard InChI is InChI=1S/C16H28F6O11PS2/c1-5-13(6-2,28-9-11-30-35(24,25)15(17,18)19)32-34(23)33-14(7-3,8-4)29-10-12-31-36(26,27)16(20,21)22/h5-12H2,1-4H3/q+1. The van der Waals surface area contributed by atoms with Crippen LogP contribution < -0.4 is 0 Å².